The van der Waals surface area contributed by atoms with Crippen molar-refractivity contribution < 1.29 is 18.8 Å². The molecule has 0 aromatic rings. The van der Waals surface area contributed by atoms with Crippen molar-refractivity contribution >= 4 is 12.8 Å². The Morgan fingerprint density at radius 1 is 0.643 bits per heavy atom. The third kappa shape index (κ3) is 11.1. The van der Waals surface area contributed by atoms with Crippen molar-refractivity contribution in [1.82, 2.24) is 0 Å². The first-order valence-electron chi connectivity index (χ1n) is 11.9. The van der Waals surface area contributed by atoms with Crippen LogP contribution >= 0.6 is 6.83 Å². The quantitative estimate of drug-likeness (QED) is 0.163. The molecule has 0 rings (SSSR count). The Morgan fingerprint density at radius 2 is 1.07 bits per heavy atom. The van der Waals surface area contributed by atoms with Gasteiger partial charge in [-0.15, -0.1) is 0 Å². The molecular weight excluding hydrogens is 371 g/mol. The van der Waals surface area contributed by atoms with Gasteiger partial charge in [-0.25, -0.2) is 0 Å². The zero-order valence-corrected chi connectivity index (χ0v) is 20.5. The second kappa shape index (κ2) is 16.6. The number of rotatable bonds is 20. The number of carbonyl (C=O) groups is 1. The van der Waals surface area contributed by atoms with Gasteiger partial charge >= 0.3 is 175 Å². The summed E-state index contributed by atoms with van der Waals surface area (Å²) in [6.45, 7) is 10.7. The van der Waals surface area contributed by atoms with Gasteiger partial charge in [-0.3, -0.25) is 0 Å². The van der Waals surface area contributed by atoms with Gasteiger partial charge < -0.3 is 0 Å². The number of unbranched alkanes of at least 4 members (excludes halogenated alkanes) is 4. The first-order chi connectivity index (χ1) is 13.5. The molecule has 5 heteroatoms. The van der Waals surface area contributed by atoms with E-state index >= 15 is 0 Å². The predicted octanol–water partition coefficient (Wildman–Crippen LogP) is 6.64. The maximum atomic E-state index is 12.9. The van der Waals surface area contributed by atoms with Crippen LogP contribution in [-0.4, -0.2) is 57.0 Å². The van der Waals surface area contributed by atoms with Gasteiger partial charge in [0.05, 0.1) is 0 Å². The van der Waals surface area contributed by atoms with E-state index < -0.39 is 6.83 Å². The van der Waals surface area contributed by atoms with Crippen LogP contribution in [0.5, 0.6) is 0 Å². The van der Waals surface area contributed by atoms with E-state index in [9.17, 15) is 4.79 Å². The van der Waals surface area contributed by atoms with Crippen molar-refractivity contribution in [2.75, 3.05) is 51.1 Å². The molecule has 0 heterocycles. The van der Waals surface area contributed by atoms with Crippen molar-refractivity contribution in [2.45, 2.75) is 92.4 Å². The molecule has 4 nitrogen and oxygen atoms in total. The Labute approximate surface area is 175 Å². The zero-order valence-electron chi connectivity index (χ0n) is 19.6. The van der Waals surface area contributed by atoms with Crippen molar-refractivity contribution in [2.24, 2.45) is 0 Å². The molecule has 0 aliphatic rings. The predicted molar refractivity (Wildman–Crippen MR) is 124 cm³/mol. The average molecular weight is 421 g/mol. The molecule has 0 saturated heterocycles. The summed E-state index contributed by atoms with van der Waals surface area (Å²) in [5.41, 5.74) is 0. The molecule has 0 aliphatic heterocycles. The first kappa shape index (κ1) is 27.8. The van der Waals surface area contributed by atoms with Crippen LogP contribution in [0.2, 0.25) is 0 Å². The number of hydrogen-bond acceptors (Lipinski definition) is 4. The molecular formula is C23H49O4P. The summed E-state index contributed by atoms with van der Waals surface area (Å²) in [7, 11) is 0. The van der Waals surface area contributed by atoms with E-state index in [4.69, 9.17) is 14.0 Å². The number of hydrogen-bond donors (Lipinski definition) is 0. The topological polar surface area (TPSA) is 44.8 Å². The SMILES string of the molecule is CCCCP(CCCC)(CCCC)(CCCC)OC(=O)CCOCCOCC. The van der Waals surface area contributed by atoms with E-state index in [0.717, 1.165) is 24.6 Å². The molecule has 0 unspecified atom stereocenters. The standard InChI is InChI=1S/C23H49O4P/c1-6-11-19-28(20-12-7-2,21-13-8-3,22-14-9-4)27-23(24)15-16-26-18-17-25-10-5/h6-22H2,1-5H3. The average Bonchev–Trinajstić information content (AvgIpc) is 2.71. The van der Waals surface area contributed by atoms with E-state index in [-0.39, 0.29) is 5.97 Å². The molecule has 0 aliphatic carbocycles. The molecule has 0 saturated carbocycles. The van der Waals surface area contributed by atoms with E-state index in [1.807, 2.05) is 6.92 Å². The van der Waals surface area contributed by atoms with Crippen molar-refractivity contribution in [1.29, 1.82) is 0 Å². The molecule has 0 spiro atoms. The van der Waals surface area contributed by atoms with E-state index in [1.54, 1.807) is 0 Å². The summed E-state index contributed by atoms with van der Waals surface area (Å²) in [6.07, 6.45) is 14.2. The van der Waals surface area contributed by atoms with Crippen LogP contribution < -0.4 is 0 Å². The number of ether oxygens (including phenoxy) is 2. The molecule has 0 fully saturated rings. The van der Waals surface area contributed by atoms with Gasteiger partial charge in [0, 0.05) is 0 Å². The minimum absolute atomic E-state index is 0.0338. The third-order valence-electron chi connectivity index (χ3n) is 5.70. The number of carbonyl (C=O) groups excluding carboxylic acids is 1. The fraction of sp³-hybridized carbons (Fsp3) is 0.957. The van der Waals surface area contributed by atoms with Gasteiger partial charge in [0.2, 0.25) is 0 Å². The summed E-state index contributed by atoms with van der Waals surface area (Å²) < 4.78 is 17.5. The van der Waals surface area contributed by atoms with Crippen LogP contribution in [0, 0.1) is 0 Å². The zero-order chi connectivity index (χ0) is 21.2. The van der Waals surface area contributed by atoms with Crippen LogP contribution in [0.3, 0.4) is 0 Å². The molecule has 170 valence electrons. The Balaban J connectivity index is 5.23. The van der Waals surface area contributed by atoms with Gasteiger partial charge in [-0.1, -0.05) is 0 Å². The van der Waals surface area contributed by atoms with Gasteiger partial charge in [0.1, 0.15) is 0 Å². The van der Waals surface area contributed by atoms with E-state index in [2.05, 4.69) is 27.7 Å². The molecule has 0 aromatic heterocycles. The van der Waals surface area contributed by atoms with Gasteiger partial charge in [0.15, 0.2) is 0 Å². The fourth-order valence-electron chi connectivity index (χ4n) is 3.94. The molecule has 0 amide bonds. The molecule has 0 bridgehead atoms. The maximum absolute atomic E-state index is 12.9. The molecule has 0 radical (unpaired) electrons. The summed E-state index contributed by atoms with van der Waals surface area (Å²) in [5.74, 6) is -0.0338. The van der Waals surface area contributed by atoms with Crippen molar-refractivity contribution in [3.05, 3.63) is 0 Å². The third-order valence-corrected chi connectivity index (χ3v) is 12.2. The van der Waals surface area contributed by atoms with E-state index in [1.165, 1.54) is 51.4 Å². The molecule has 0 aromatic carbocycles. The molecule has 0 N–H and O–H groups in total. The minimum atomic E-state index is -2.50. The summed E-state index contributed by atoms with van der Waals surface area (Å²) in [4.78, 5) is 12.9. The Kier molecular flexibility index (Phi) is 16.5. The Bertz CT molecular complexity index is 343. The van der Waals surface area contributed by atoms with E-state index in [0.29, 0.717) is 32.8 Å². The monoisotopic (exact) mass is 420 g/mol. The summed E-state index contributed by atoms with van der Waals surface area (Å²) >= 11 is 0. The Morgan fingerprint density at radius 3 is 1.46 bits per heavy atom. The Hall–Kier alpha value is -0.180. The normalized spacial score (nSPS) is 13.2. The fourth-order valence-corrected chi connectivity index (χ4v) is 10.8. The molecule has 0 atom stereocenters. The summed E-state index contributed by atoms with van der Waals surface area (Å²) in [6, 6.07) is 0. The van der Waals surface area contributed by atoms with Crippen molar-refractivity contribution in [3.8, 4) is 0 Å². The second-order valence-corrected chi connectivity index (χ2v) is 13.9. The second-order valence-electron chi connectivity index (χ2n) is 8.19. The van der Waals surface area contributed by atoms with Crippen LogP contribution in [0.1, 0.15) is 92.4 Å². The summed E-state index contributed by atoms with van der Waals surface area (Å²) in [5, 5.41) is 0. The van der Waals surface area contributed by atoms with Gasteiger partial charge in [0.25, 0.3) is 0 Å². The first-order valence-corrected chi connectivity index (χ1v) is 14.8. The van der Waals surface area contributed by atoms with Crippen molar-refractivity contribution in [3.63, 3.8) is 0 Å². The molecule has 28 heavy (non-hydrogen) atoms. The van der Waals surface area contributed by atoms with Gasteiger partial charge in [-0.2, -0.15) is 0 Å². The van der Waals surface area contributed by atoms with Crippen LogP contribution in [0.15, 0.2) is 0 Å². The van der Waals surface area contributed by atoms with Crippen LogP contribution in [0.25, 0.3) is 0 Å². The van der Waals surface area contributed by atoms with Crippen LogP contribution in [0.4, 0.5) is 0 Å². The van der Waals surface area contributed by atoms with Crippen LogP contribution in [-0.2, 0) is 18.8 Å². The van der Waals surface area contributed by atoms with Gasteiger partial charge in [-0.05, 0) is 0 Å².